The summed E-state index contributed by atoms with van der Waals surface area (Å²) in [7, 11) is 1.76. The van der Waals surface area contributed by atoms with E-state index in [0.717, 1.165) is 50.1 Å². The zero-order chi connectivity index (χ0) is 16.3. The molecule has 6 nitrogen and oxygen atoms in total. The van der Waals surface area contributed by atoms with Gasteiger partial charge >= 0.3 is 5.69 Å². The number of pyridine rings is 1. The summed E-state index contributed by atoms with van der Waals surface area (Å²) >= 11 is 0. The zero-order valence-corrected chi connectivity index (χ0v) is 13.4. The average molecular weight is 308 g/mol. The Balaban J connectivity index is 2.12. The lowest BCUT2D eigenvalue weighted by molar-refractivity contribution is 0.393. The van der Waals surface area contributed by atoms with E-state index < -0.39 is 0 Å². The van der Waals surface area contributed by atoms with E-state index in [-0.39, 0.29) is 5.69 Å². The smallest absolute Gasteiger partial charge is 0.326 e. The molecule has 0 spiro atoms. The van der Waals surface area contributed by atoms with E-state index in [2.05, 4.69) is 21.2 Å². The fourth-order valence-electron chi connectivity index (χ4n) is 3.22. The van der Waals surface area contributed by atoms with E-state index in [1.165, 1.54) is 0 Å². The second kappa shape index (κ2) is 4.55. The number of aromatic amines is 1. The maximum atomic E-state index is 11.9. The van der Waals surface area contributed by atoms with Crippen molar-refractivity contribution in [3.63, 3.8) is 0 Å². The van der Waals surface area contributed by atoms with Crippen molar-refractivity contribution in [3.8, 4) is 11.1 Å². The van der Waals surface area contributed by atoms with Gasteiger partial charge in [0.25, 0.3) is 0 Å². The molecule has 3 aromatic heterocycles. The number of hydrogen-bond acceptors (Lipinski definition) is 4. The number of benzene rings is 1. The van der Waals surface area contributed by atoms with Crippen molar-refractivity contribution in [2.45, 2.75) is 20.8 Å². The lowest BCUT2D eigenvalue weighted by Crippen LogP contribution is -2.11. The molecular formula is C17H16N4O2. The van der Waals surface area contributed by atoms with Crippen LogP contribution in [0.1, 0.15) is 17.0 Å². The molecule has 0 amide bonds. The molecule has 0 aliphatic rings. The molecule has 0 fully saturated rings. The number of aromatic nitrogens is 4. The largest absolute Gasteiger partial charge is 0.361 e. The number of rotatable bonds is 1. The Hall–Kier alpha value is -2.89. The van der Waals surface area contributed by atoms with E-state index in [1.807, 2.05) is 26.8 Å². The lowest BCUT2D eigenvalue weighted by Gasteiger charge is -2.09. The van der Waals surface area contributed by atoms with Crippen LogP contribution in [0.15, 0.2) is 27.6 Å². The van der Waals surface area contributed by atoms with E-state index >= 15 is 0 Å². The summed E-state index contributed by atoms with van der Waals surface area (Å²) in [6, 6.07) is 4.10. The predicted octanol–water partition coefficient (Wildman–Crippen LogP) is 3.00. The summed E-state index contributed by atoms with van der Waals surface area (Å²) in [4.78, 5) is 19.2. The van der Waals surface area contributed by atoms with Crippen LogP contribution in [0.3, 0.4) is 0 Å². The highest BCUT2D eigenvalue weighted by Gasteiger charge is 2.16. The molecule has 0 atom stereocenters. The first-order chi connectivity index (χ1) is 11.0. The molecule has 0 aliphatic carbocycles. The summed E-state index contributed by atoms with van der Waals surface area (Å²) in [6.07, 6.45) is 1.70. The van der Waals surface area contributed by atoms with Crippen molar-refractivity contribution in [1.82, 2.24) is 19.7 Å². The third-order valence-electron chi connectivity index (χ3n) is 4.37. The number of imidazole rings is 1. The first-order valence-electron chi connectivity index (χ1n) is 7.38. The van der Waals surface area contributed by atoms with Crippen molar-refractivity contribution in [1.29, 1.82) is 0 Å². The van der Waals surface area contributed by atoms with Crippen molar-refractivity contribution in [2.24, 2.45) is 7.05 Å². The number of nitrogens with zero attached hydrogens (tertiary/aromatic N) is 3. The normalized spacial score (nSPS) is 11.7. The average Bonchev–Trinajstić information content (AvgIpc) is 2.99. The SMILES string of the molecule is Cc1cc2c(cc1-c1c(C)noc1C)ncc1[nH]c(=O)n(C)c12. The summed E-state index contributed by atoms with van der Waals surface area (Å²) in [6.45, 7) is 5.89. The fraction of sp³-hybridized carbons (Fsp3) is 0.235. The Morgan fingerprint density at radius 1 is 1.22 bits per heavy atom. The van der Waals surface area contributed by atoms with Crippen LogP contribution in [-0.2, 0) is 7.05 Å². The number of fused-ring (bicyclic) bond motifs is 3. The minimum atomic E-state index is -0.137. The quantitative estimate of drug-likeness (QED) is 0.586. The van der Waals surface area contributed by atoms with E-state index in [1.54, 1.807) is 17.8 Å². The minimum Gasteiger partial charge on any atom is -0.361 e. The highest BCUT2D eigenvalue weighted by molar-refractivity contribution is 6.04. The minimum absolute atomic E-state index is 0.137. The highest BCUT2D eigenvalue weighted by Crippen LogP contribution is 2.33. The van der Waals surface area contributed by atoms with E-state index in [9.17, 15) is 4.79 Å². The van der Waals surface area contributed by atoms with Gasteiger partial charge in [0.05, 0.1) is 28.4 Å². The van der Waals surface area contributed by atoms with Crippen LogP contribution < -0.4 is 5.69 Å². The maximum absolute atomic E-state index is 11.9. The van der Waals surface area contributed by atoms with Crippen LogP contribution in [0.4, 0.5) is 0 Å². The van der Waals surface area contributed by atoms with Crippen LogP contribution in [0.5, 0.6) is 0 Å². The number of aryl methyl sites for hydroxylation is 4. The van der Waals surface area contributed by atoms with Crippen molar-refractivity contribution >= 4 is 21.9 Å². The molecule has 0 aliphatic heterocycles. The monoisotopic (exact) mass is 308 g/mol. The van der Waals surface area contributed by atoms with Crippen molar-refractivity contribution < 1.29 is 4.52 Å². The Morgan fingerprint density at radius 3 is 2.70 bits per heavy atom. The summed E-state index contributed by atoms with van der Waals surface area (Å²) in [5, 5.41) is 4.99. The van der Waals surface area contributed by atoms with Crippen LogP contribution in [0.25, 0.3) is 33.1 Å². The molecule has 1 N–H and O–H groups in total. The van der Waals surface area contributed by atoms with Gasteiger partial charge in [0.15, 0.2) is 0 Å². The van der Waals surface area contributed by atoms with Crippen LogP contribution >= 0.6 is 0 Å². The molecular weight excluding hydrogens is 292 g/mol. The predicted molar refractivity (Wildman–Crippen MR) is 88.5 cm³/mol. The van der Waals surface area contributed by atoms with Crippen molar-refractivity contribution in [3.05, 3.63) is 45.8 Å². The molecule has 0 bridgehead atoms. The van der Waals surface area contributed by atoms with Gasteiger partial charge in [-0.1, -0.05) is 5.16 Å². The topological polar surface area (TPSA) is 76.7 Å². The number of nitrogens with one attached hydrogen (secondary N) is 1. The molecule has 0 radical (unpaired) electrons. The fourth-order valence-corrected chi connectivity index (χ4v) is 3.22. The molecule has 23 heavy (non-hydrogen) atoms. The van der Waals surface area contributed by atoms with Gasteiger partial charge in [0.1, 0.15) is 5.76 Å². The van der Waals surface area contributed by atoms with Crippen molar-refractivity contribution in [2.75, 3.05) is 0 Å². The molecule has 0 saturated carbocycles. The van der Waals surface area contributed by atoms with Gasteiger partial charge in [-0.2, -0.15) is 0 Å². The Morgan fingerprint density at radius 2 is 2.00 bits per heavy atom. The van der Waals surface area contributed by atoms with Crippen LogP contribution in [0, 0.1) is 20.8 Å². The molecule has 6 heteroatoms. The van der Waals surface area contributed by atoms with Gasteiger partial charge in [0, 0.05) is 18.0 Å². The Bertz CT molecular complexity index is 1110. The summed E-state index contributed by atoms with van der Waals surface area (Å²) in [5.74, 6) is 0.792. The molecule has 4 rings (SSSR count). The third-order valence-corrected chi connectivity index (χ3v) is 4.37. The molecule has 116 valence electrons. The Kier molecular flexibility index (Phi) is 2.72. The van der Waals surface area contributed by atoms with Gasteiger partial charge in [-0.15, -0.1) is 0 Å². The first-order valence-corrected chi connectivity index (χ1v) is 7.38. The van der Waals surface area contributed by atoms with E-state index in [0.29, 0.717) is 0 Å². The summed E-state index contributed by atoms with van der Waals surface area (Å²) < 4.78 is 6.91. The zero-order valence-electron chi connectivity index (χ0n) is 13.4. The maximum Gasteiger partial charge on any atom is 0.326 e. The van der Waals surface area contributed by atoms with Gasteiger partial charge in [0.2, 0.25) is 0 Å². The standard InChI is InChI=1S/C17H16N4O2/c1-8-5-12-13(6-11(8)15-9(2)20-23-10(15)3)18-7-14-16(12)21(4)17(22)19-14/h5-7H,1-4H3,(H,19,22). The second-order valence-corrected chi connectivity index (χ2v) is 5.89. The number of hydrogen-bond donors (Lipinski definition) is 1. The molecule has 1 aromatic carbocycles. The molecule has 4 aromatic rings. The Labute approximate surface area is 131 Å². The first kappa shape index (κ1) is 13.8. The molecule has 3 heterocycles. The van der Waals surface area contributed by atoms with Crippen LogP contribution in [0.2, 0.25) is 0 Å². The molecule has 0 saturated heterocycles. The molecule has 0 unspecified atom stereocenters. The van der Waals surface area contributed by atoms with Gasteiger partial charge in [-0.05, 0) is 44.0 Å². The van der Waals surface area contributed by atoms with Gasteiger partial charge in [-0.25, -0.2) is 4.79 Å². The van der Waals surface area contributed by atoms with Gasteiger partial charge < -0.3 is 9.51 Å². The van der Waals surface area contributed by atoms with Gasteiger partial charge in [-0.3, -0.25) is 9.55 Å². The number of H-pyrrole nitrogens is 1. The van der Waals surface area contributed by atoms with Crippen LogP contribution in [-0.4, -0.2) is 19.7 Å². The second-order valence-electron chi connectivity index (χ2n) is 5.89. The van der Waals surface area contributed by atoms with E-state index in [4.69, 9.17) is 4.52 Å². The summed E-state index contributed by atoms with van der Waals surface area (Å²) in [5.41, 5.74) is 6.34. The highest BCUT2D eigenvalue weighted by atomic mass is 16.5. The lowest BCUT2D eigenvalue weighted by atomic mass is 9.97. The third kappa shape index (κ3) is 1.84.